The number of rotatable bonds is 4. The van der Waals surface area contributed by atoms with Crippen molar-refractivity contribution in [2.24, 2.45) is 5.92 Å². The molecular formula is C21H23N3O5. The van der Waals surface area contributed by atoms with Gasteiger partial charge in [0, 0.05) is 31.8 Å². The van der Waals surface area contributed by atoms with Crippen LogP contribution in [-0.2, 0) is 14.4 Å². The molecule has 2 saturated heterocycles. The van der Waals surface area contributed by atoms with Crippen molar-refractivity contribution in [2.45, 2.75) is 45.1 Å². The van der Waals surface area contributed by atoms with Gasteiger partial charge in [0.2, 0.25) is 11.8 Å². The zero-order chi connectivity index (χ0) is 20.7. The highest BCUT2D eigenvalue weighted by molar-refractivity contribution is 6.25. The first-order valence-electron chi connectivity index (χ1n) is 10.0. The van der Waals surface area contributed by atoms with Gasteiger partial charge in [-0.05, 0) is 31.4 Å². The molecule has 0 saturated carbocycles. The molecule has 0 bridgehead atoms. The summed E-state index contributed by atoms with van der Waals surface area (Å²) in [6.07, 6.45) is 2.19. The van der Waals surface area contributed by atoms with Crippen LogP contribution >= 0.6 is 0 Å². The summed E-state index contributed by atoms with van der Waals surface area (Å²) in [4.78, 5) is 64.8. The van der Waals surface area contributed by atoms with Crippen molar-refractivity contribution < 1.29 is 24.0 Å². The van der Waals surface area contributed by atoms with E-state index in [0.29, 0.717) is 30.8 Å². The lowest BCUT2D eigenvalue weighted by atomic mass is 9.90. The number of nitrogens with zero attached hydrogens (tertiary/aromatic N) is 2. The van der Waals surface area contributed by atoms with Gasteiger partial charge >= 0.3 is 0 Å². The quantitative estimate of drug-likeness (QED) is 0.768. The van der Waals surface area contributed by atoms with Gasteiger partial charge in [-0.3, -0.25) is 34.2 Å². The molecule has 1 aromatic carbocycles. The van der Waals surface area contributed by atoms with Crippen LogP contribution in [0.1, 0.15) is 59.7 Å². The first-order chi connectivity index (χ1) is 13.9. The second-order valence-corrected chi connectivity index (χ2v) is 7.73. The number of hydrogen-bond donors (Lipinski definition) is 1. The zero-order valence-corrected chi connectivity index (χ0v) is 16.3. The van der Waals surface area contributed by atoms with E-state index in [0.717, 1.165) is 17.7 Å². The Morgan fingerprint density at radius 1 is 1.07 bits per heavy atom. The molecule has 1 unspecified atom stereocenters. The summed E-state index contributed by atoms with van der Waals surface area (Å²) in [6.45, 7) is 3.13. The molecule has 3 aliphatic heterocycles. The number of Topliss-reactive ketones (excluding diaryl/α,β-unsaturated/α-hetero) is 1. The van der Waals surface area contributed by atoms with E-state index in [4.69, 9.17) is 0 Å². The van der Waals surface area contributed by atoms with Crippen molar-refractivity contribution >= 4 is 35.1 Å². The minimum atomic E-state index is -0.971. The molecule has 0 aromatic heterocycles. The molecule has 1 N–H and O–H groups in total. The third-order valence-electron chi connectivity index (χ3n) is 6.09. The smallest absolute Gasteiger partial charge is 0.264 e. The fourth-order valence-electron chi connectivity index (χ4n) is 4.49. The molecule has 1 atom stereocenters. The van der Waals surface area contributed by atoms with Gasteiger partial charge in [0.15, 0.2) is 0 Å². The van der Waals surface area contributed by atoms with Crippen LogP contribution in [0.2, 0.25) is 0 Å². The van der Waals surface area contributed by atoms with Crippen LogP contribution < -0.4 is 10.2 Å². The SMILES string of the molecule is CCC(=O)C1CCN(c2cccc3c2C(=O)N(C2CCC(=O)NC2=O)C3=O)CC1. The maximum Gasteiger partial charge on any atom is 0.264 e. The summed E-state index contributed by atoms with van der Waals surface area (Å²) in [5.74, 6) is -1.70. The average molecular weight is 397 g/mol. The van der Waals surface area contributed by atoms with Crippen molar-refractivity contribution in [2.75, 3.05) is 18.0 Å². The number of ketones is 1. The van der Waals surface area contributed by atoms with Gasteiger partial charge in [-0.1, -0.05) is 13.0 Å². The first kappa shape index (κ1) is 19.3. The van der Waals surface area contributed by atoms with Crippen molar-refractivity contribution in [3.8, 4) is 0 Å². The Hall–Kier alpha value is -3.03. The molecule has 3 heterocycles. The second kappa shape index (κ2) is 7.42. The van der Waals surface area contributed by atoms with Crippen molar-refractivity contribution in [3.05, 3.63) is 29.3 Å². The first-order valence-corrected chi connectivity index (χ1v) is 10.0. The predicted octanol–water partition coefficient (Wildman–Crippen LogP) is 1.28. The number of fused-ring (bicyclic) bond motifs is 1. The van der Waals surface area contributed by atoms with Crippen LogP contribution in [0, 0.1) is 5.92 Å². The number of benzene rings is 1. The number of imide groups is 2. The van der Waals surface area contributed by atoms with E-state index in [2.05, 4.69) is 5.32 Å². The molecule has 4 amide bonds. The fourth-order valence-corrected chi connectivity index (χ4v) is 4.49. The van der Waals surface area contributed by atoms with Gasteiger partial charge in [-0.2, -0.15) is 0 Å². The Labute approximate surface area is 168 Å². The van der Waals surface area contributed by atoms with Crippen LogP contribution in [0.3, 0.4) is 0 Å². The summed E-state index contributed by atoms with van der Waals surface area (Å²) in [5.41, 5.74) is 1.25. The highest BCUT2D eigenvalue weighted by atomic mass is 16.2. The molecule has 4 rings (SSSR count). The summed E-state index contributed by atoms with van der Waals surface area (Å²) < 4.78 is 0. The lowest BCUT2D eigenvalue weighted by molar-refractivity contribution is -0.136. The van der Waals surface area contributed by atoms with Crippen LogP contribution in [0.15, 0.2) is 18.2 Å². The summed E-state index contributed by atoms with van der Waals surface area (Å²) >= 11 is 0. The normalized spacial score (nSPS) is 22.7. The molecular weight excluding hydrogens is 374 g/mol. The number of anilines is 1. The maximum absolute atomic E-state index is 13.2. The van der Waals surface area contributed by atoms with E-state index in [-0.39, 0.29) is 30.1 Å². The standard InChI is InChI=1S/C21H23N3O5/c1-2-16(25)12-8-10-23(11-9-12)14-5-3-4-13-18(14)21(29)24(20(13)28)15-6-7-17(26)22-19(15)27/h3-5,12,15H,2,6-11H2,1H3,(H,22,26,27). The molecule has 8 nitrogen and oxygen atoms in total. The molecule has 0 aliphatic carbocycles. The van der Waals surface area contributed by atoms with Crippen LogP contribution in [0.5, 0.6) is 0 Å². The minimum absolute atomic E-state index is 0.0466. The van der Waals surface area contributed by atoms with Crippen molar-refractivity contribution in [1.29, 1.82) is 0 Å². The lowest BCUT2D eigenvalue weighted by Gasteiger charge is -2.34. The summed E-state index contributed by atoms with van der Waals surface area (Å²) in [7, 11) is 0. The van der Waals surface area contributed by atoms with Crippen molar-refractivity contribution in [1.82, 2.24) is 10.2 Å². The second-order valence-electron chi connectivity index (χ2n) is 7.73. The third kappa shape index (κ3) is 3.22. The van der Waals surface area contributed by atoms with Gasteiger partial charge in [-0.25, -0.2) is 0 Å². The van der Waals surface area contributed by atoms with E-state index < -0.39 is 29.7 Å². The van der Waals surface area contributed by atoms with Gasteiger partial charge in [0.25, 0.3) is 11.8 Å². The predicted molar refractivity (Wildman–Crippen MR) is 103 cm³/mol. The van der Waals surface area contributed by atoms with Crippen LogP contribution in [-0.4, -0.2) is 53.4 Å². The Bertz CT molecular complexity index is 917. The van der Waals surface area contributed by atoms with Crippen molar-refractivity contribution in [3.63, 3.8) is 0 Å². The van der Waals surface area contributed by atoms with Crippen LogP contribution in [0.4, 0.5) is 5.69 Å². The molecule has 1 aromatic rings. The van der Waals surface area contributed by atoms with E-state index in [1.54, 1.807) is 18.2 Å². The number of amides is 4. The monoisotopic (exact) mass is 397 g/mol. The van der Waals surface area contributed by atoms with Crippen LogP contribution in [0.25, 0.3) is 0 Å². The Morgan fingerprint density at radius 2 is 1.79 bits per heavy atom. The van der Waals surface area contributed by atoms with Gasteiger partial charge in [-0.15, -0.1) is 0 Å². The lowest BCUT2D eigenvalue weighted by Crippen LogP contribution is -2.54. The molecule has 29 heavy (non-hydrogen) atoms. The maximum atomic E-state index is 13.2. The minimum Gasteiger partial charge on any atom is -0.371 e. The molecule has 2 fully saturated rings. The number of nitrogens with one attached hydrogen (secondary N) is 1. The van der Waals surface area contributed by atoms with E-state index >= 15 is 0 Å². The molecule has 8 heteroatoms. The zero-order valence-electron chi connectivity index (χ0n) is 16.3. The molecule has 0 radical (unpaired) electrons. The molecule has 152 valence electrons. The van der Waals surface area contributed by atoms with Gasteiger partial charge in [0.05, 0.1) is 16.8 Å². The highest BCUT2D eigenvalue weighted by Crippen LogP contribution is 2.35. The fraction of sp³-hybridized carbons (Fsp3) is 0.476. The number of carbonyl (C=O) groups excluding carboxylic acids is 5. The summed E-state index contributed by atoms with van der Waals surface area (Å²) in [6, 6.07) is 4.16. The topological polar surface area (TPSA) is 104 Å². The Morgan fingerprint density at radius 3 is 2.45 bits per heavy atom. The number of hydrogen-bond acceptors (Lipinski definition) is 6. The largest absolute Gasteiger partial charge is 0.371 e. The highest BCUT2D eigenvalue weighted by Gasteiger charge is 2.46. The van der Waals surface area contributed by atoms with Gasteiger partial charge in [0.1, 0.15) is 11.8 Å². The Kier molecular flexibility index (Phi) is 4.94. The van der Waals surface area contributed by atoms with E-state index in [9.17, 15) is 24.0 Å². The molecule has 3 aliphatic rings. The summed E-state index contributed by atoms with van der Waals surface area (Å²) in [5, 5.41) is 2.21. The average Bonchev–Trinajstić information content (AvgIpc) is 2.98. The Balaban J connectivity index is 1.60. The number of piperidine rings is 2. The molecule has 0 spiro atoms. The third-order valence-corrected chi connectivity index (χ3v) is 6.09. The van der Waals surface area contributed by atoms with E-state index in [1.807, 2.05) is 11.8 Å². The van der Waals surface area contributed by atoms with Gasteiger partial charge < -0.3 is 4.90 Å². The number of carbonyl (C=O) groups is 5. The van der Waals surface area contributed by atoms with E-state index in [1.165, 1.54) is 0 Å².